The fourth-order valence-electron chi connectivity index (χ4n) is 13.9. The number of hydrogen-bond donors (Lipinski definition) is 0. The van der Waals surface area contributed by atoms with Gasteiger partial charge < -0.3 is 57.5 Å². The van der Waals surface area contributed by atoms with Crippen LogP contribution in [0, 0.1) is 96.8 Å². The summed E-state index contributed by atoms with van der Waals surface area (Å²) in [6.45, 7) is 1.39. The van der Waals surface area contributed by atoms with Gasteiger partial charge in [-0.2, -0.15) is 0 Å². The number of fused-ring (bicyclic) bond motifs is 12. The Morgan fingerprint density at radius 1 is 0.237 bits per heavy atom. The van der Waals surface area contributed by atoms with Crippen molar-refractivity contribution >= 4 is 88.3 Å². The predicted molar refractivity (Wildman–Crippen MR) is 522 cm³/mol. The molecule has 16 aromatic heterocycles. The molecule has 24 aromatic rings. The average Bonchev–Trinajstić information content (AvgIpc) is 1.57. The van der Waals surface area contributed by atoms with Crippen LogP contribution in [0.2, 0.25) is 0 Å². The summed E-state index contributed by atoms with van der Waals surface area (Å²) < 4.78 is 90.1. The topological polar surface area (TPSA) is 207 Å². The van der Waals surface area contributed by atoms with Crippen LogP contribution < -0.4 is 0 Å². The molecule has 0 unspecified atom stereocenters. The van der Waals surface area contributed by atoms with Crippen LogP contribution in [-0.4, -0.2) is 59.8 Å². The second-order valence-electron chi connectivity index (χ2n) is 29.6. The van der Waals surface area contributed by atoms with Gasteiger partial charge in [0.2, 0.25) is 11.4 Å². The number of pyridine rings is 12. The van der Waals surface area contributed by atoms with E-state index in [9.17, 15) is 0 Å². The fraction of sp³-hybridized carbons (Fsp3) is 0.0609. The first-order valence-electron chi connectivity index (χ1n) is 46.2. The minimum Gasteiger partial charge on any atom is -0.499 e. The Morgan fingerprint density at radius 3 is 0.889 bits per heavy atom. The van der Waals surface area contributed by atoms with Crippen molar-refractivity contribution in [1.82, 2.24) is 59.8 Å². The Balaban J connectivity index is 0.000000139. The van der Waals surface area contributed by atoms with E-state index in [2.05, 4.69) is 133 Å². The maximum atomic E-state index is 7.51. The molecule has 0 amide bonds. The quantitative estimate of drug-likeness (QED) is 0.130. The van der Waals surface area contributed by atoms with E-state index in [-0.39, 0.29) is 97.4 Å². The van der Waals surface area contributed by atoms with Crippen molar-refractivity contribution in [3.8, 4) is 90.1 Å². The van der Waals surface area contributed by atoms with Crippen molar-refractivity contribution in [3.63, 3.8) is 0 Å². The molecule has 24 rings (SSSR count). The van der Waals surface area contributed by atoms with Gasteiger partial charge in [0.15, 0.2) is 0 Å². The third-order valence-corrected chi connectivity index (χ3v) is 20.3. The van der Waals surface area contributed by atoms with Gasteiger partial charge in [-0.05, 0) is 200 Å². The SMILES string of the molecule is Cc1ccc(-c2[c-]cccc2)nc1.Cc1ccc(-c2[c-]cccc2)nc1.Cc1ccc2c(n1)oc1c[c-]c(-c3ccccn3)cc12.Cc1ccc2c(n1)oc1c[c-]c(-c3ccccn3)cc12.[2H]C([2H])([2H])c1ccc(-c2[c-]cccc2)nc1.[2H]C([2H])([2H])c1ccc2oc3c(-c4ccccn4)[c-]ccc3c2n1.[2H]C([2H])([2H])c1ccc2oc3c(-c4ccccn4)[c-]ccc3c2n1.[Ir].[Ir].[Ir].[Ir].[c-]1ccccc1-c1ccccn1. The molecule has 0 aliphatic rings. The molecule has 20 heteroatoms. The zero-order valence-electron chi connectivity index (χ0n) is 81.6. The maximum absolute atomic E-state index is 7.51. The molecule has 0 aliphatic carbocycles. The summed E-state index contributed by atoms with van der Waals surface area (Å²) in [4.78, 5) is 51.7. The molecule has 16 nitrogen and oxygen atoms in total. The van der Waals surface area contributed by atoms with Crippen molar-refractivity contribution in [2.75, 3.05) is 0 Å². The van der Waals surface area contributed by atoms with Crippen molar-refractivity contribution < 1.29 is 110 Å². The predicted octanol–water partition coefficient (Wildman–Crippen LogP) is 27.7. The summed E-state index contributed by atoms with van der Waals surface area (Å²) in [5.74, 6) is 0. The van der Waals surface area contributed by atoms with Crippen LogP contribution in [0.5, 0.6) is 0 Å². The van der Waals surface area contributed by atoms with Crippen LogP contribution in [0.4, 0.5) is 0 Å². The van der Waals surface area contributed by atoms with Crippen LogP contribution in [0.3, 0.4) is 0 Å². The molecule has 8 aromatic carbocycles. The zero-order chi connectivity index (χ0) is 97.1. The third kappa shape index (κ3) is 24.8. The molecular weight excluding hydrogens is 2380 g/mol. The van der Waals surface area contributed by atoms with Crippen LogP contribution in [0.25, 0.3) is 178 Å². The van der Waals surface area contributed by atoms with Gasteiger partial charge in [0.05, 0.1) is 33.4 Å². The molecule has 135 heavy (non-hydrogen) atoms. The molecule has 0 aliphatic heterocycles. The normalized spacial score (nSPS) is 11.7. The summed E-state index contributed by atoms with van der Waals surface area (Å²) >= 11 is 0. The minimum atomic E-state index is -2.25. The van der Waals surface area contributed by atoms with Gasteiger partial charge in [0, 0.05) is 176 Å². The van der Waals surface area contributed by atoms with Gasteiger partial charge in [0.25, 0.3) is 0 Å². The molecular formula is C115H82Ir4N12O4-8. The summed E-state index contributed by atoms with van der Waals surface area (Å²) in [6.07, 6.45) is 13.9. The van der Waals surface area contributed by atoms with E-state index in [1.165, 1.54) is 29.5 Å². The van der Waals surface area contributed by atoms with Gasteiger partial charge in [-0.25, -0.2) is 9.97 Å². The van der Waals surface area contributed by atoms with Gasteiger partial charge in [-0.15, -0.1) is 228 Å². The largest absolute Gasteiger partial charge is 0.499 e. The molecule has 0 fully saturated rings. The van der Waals surface area contributed by atoms with E-state index in [1.54, 1.807) is 73.4 Å². The summed E-state index contributed by atoms with van der Waals surface area (Å²) in [5.41, 5.74) is 25.3. The number of hydrogen-bond acceptors (Lipinski definition) is 16. The summed E-state index contributed by atoms with van der Waals surface area (Å²) in [6, 6.07) is 126. The molecule has 4 radical (unpaired) electrons. The smallest absolute Gasteiger partial charge is 0.216 e. The van der Waals surface area contributed by atoms with Crippen LogP contribution in [0.15, 0.2) is 389 Å². The van der Waals surface area contributed by atoms with E-state index in [0.717, 1.165) is 145 Å². The van der Waals surface area contributed by atoms with E-state index in [1.807, 2.05) is 283 Å². The molecule has 16 heterocycles. The second-order valence-corrected chi connectivity index (χ2v) is 29.6. The molecule has 670 valence electrons. The molecule has 0 saturated carbocycles. The Hall–Kier alpha value is -14.6. The number of aryl methyl sites for hydroxylation is 7. The number of furan rings is 4. The average molecular weight is 2470 g/mol. The number of nitrogens with zero attached hydrogens (tertiary/aromatic N) is 12. The van der Waals surface area contributed by atoms with E-state index in [4.69, 9.17) is 30.0 Å². The first kappa shape index (κ1) is 85.8. The Morgan fingerprint density at radius 2 is 0.570 bits per heavy atom. The van der Waals surface area contributed by atoms with Gasteiger partial charge in [0.1, 0.15) is 11.2 Å². The first-order valence-corrected chi connectivity index (χ1v) is 41.7. The molecule has 0 saturated heterocycles. The second kappa shape index (κ2) is 47.6. The van der Waals surface area contributed by atoms with E-state index in [0.29, 0.717) is 44.8 Å². The molecule has 0 bridgehead atoms. The van der Waals surface area contributed by atoms with Gasteiger partial charge in [-0.3, -0.25) is 9.97 Å². The standard InChI is InChI=1S/4C17H11N2O.3C12H10N.C11H8N.4Ir/c2*1-11-8-9-15-16(19-11)13-6-4-5-12(17(13)20-15)14-7-2-3-10-18-14;2*1-11-5-7-13-14-10-12(15-4-2-3-9-18-15)6-8-16(14)20-17(13)19-11;3*1-10-7-8-12(13-9-10)11-5-3-2-4-6-11;1-2-6-10(7-3-1)11-8-4-5-9-12-11;;;;/h2*2-4,6-10H,1H3;2*2-5,7-10H,1H3;3*2-5,7-9H,1H3;1-6,8-9H;;;;/q8*-1;;;;/i2*1D3;;;1D3;;;;;;;. The Bertz CT molecular complexity index is 7830. The Kier molecular flexibility index (Phi) is 30.3. The van der Waals surface area contributed by atoms with Gasteiger partial charge >= 0.3 is 0 Å². The molecule has 0 atom stereocenters. The summed E-state index contributed by atoms with van der Waals surface area (Å²) in [7, 11) is 0. The van der Waals surface area contributed by atoms with Crippen molar-refractivity contribution in [2.24, 2.45) is 0 Å². The summed E-state index contributed by atoms with van der Waals surface area (Å²) in [5, 5.41) is 5.66. The zero-order valence-corrected chi connectivity index (χ0v) is 82.1. The van der Waals surface area contributed by atoms with Crippen molar-refractivity contribution in [1.29, 1.82) is 0 Å². The van der Waals surface area contributed by atoms with E-state index >= 15 is 0 Å². The Labute approximate surface area is 849 Å². The fourth-order valence-corrected chi connectivity index (χ4v) is 13.9. The van der Waals surface area contributed by atoms with Crippen molar-refractivity contribution in [3.05, 3.63) is 459 Å². The minimum absolute atomic E-state index is 0. The van der Waals surface area contributed by atoms with Crippen LogP contribution in [0.1, 0.15) is 51.8 Å². The van der Waals surface area contributed by atoms with Crippen LogP contribution >= 0.6 is 0 Å². The maximum Gasteiger partial charge on any atom is 0.216 e. The van der Waals surface area contributed by atoms with Crippen molar-refractivity contribution in [2.45, 2.75) is 48.3 Å². The van der Waals surface area contributed by atoms with Gasteiger partial charge in [-0.1, -0.05) is 119 Å². The number of aromatic nitrogens is 12. The number of benzene rings is 8. The number of rotatable bonds is 8. The van der Waals surface area contributed by atoms with E-state index < -0.39 is 20.6 Å². The molecule has 0 N–H and O–H groups in total. The van der Waals surface area contributed by atoms with Crippen LogP contribution in [-0.2, 0) is 80.4 Å². The third-order valence-electron chi connectivity index (χ3n) is 20.3. The monoisotopic (exact) mass is 2480 g/mol. The first-order chi connectivity index (χ1) is 68.0. The molecule has 0 spiro atoms.